The van der Waals surface area contributed by atoms with Crippen molar-refractivity contribution in [3.8, 4) is 0 Å². The molecule has 0 saturated carbocycles. The fourth-order valence-electron chi connectivity index (χ4n) is 2.10. The molecule has 0 saturated heterocycles. The molecule has 16 heavy (non-hydrogen) atoms. The smallest absolute Gasteiger partial charge is 0.0664 e. The van der Waals surface area contributed by atoms with Gasteiger partial charge in [0.25, 0.3) is 0 Å². The number of fused-ring (bicyclic) bond motifs is 1. The highest BCUT2D eigenvalue weighted by molar-refractivity contribution is 5.80. The van der Waals surface area contributed by atoms with Gasteiger partial charge in [0, 0.05) is 24.5 Å². The van der Waals surface area contributed by atoms with Gasteiger partial charge in [0.15, 0.2) is 0 Å². The highest BCUT2D eigenvalue weighted by Gasteiger charge is 2.18. The number of hydrogen-bond donors (Lipinski definition) is 0. The van der Waals surface area contributed by atoms with Crippen molar-refractivity contribution in [1.82, 2.24) is 4.98 Å². The number of nitrogens with zero attached hydrogens (tertiary/aromatic N) is 2. The zero-order valence-electron chi connectivity index (χ0n) is 8.88. The Hall–Kier alpha value is -1.96. The summed E-state index contributed by atoms with van der Waals surface area (Å²) in [5, 5.41) is 0. The highest BCUT2D eigenvalue weighted by Crippen LogP contribution is 2.33. The second-order valence-electron chi connectivity index (χ2n) is 4.01. The molecule has 1 aromatic carbocycles. The van der Waals surface area contributed by atoms with Crippen LogP contribution in [0.1, 0.15) is 17.0 Å². The Morgan fingerprint density at radius 3 is 2.88 bits per heavy atom. The Bertz CT molecular complexity index is 517. The number of benzene rings is 1. The summed E-state index contributed by atoms with van der Waals surface area (Å²) >= 11 is 0. The lowest BCUT2D eigenvalue weighted by Crippen LogP contribution is -2.00. The molecule has 0 amide bonds. The molecule has 3 rings (SSSR count). The zero-order chi connectivity index (χ0) is 10.8. The minimum absolute atomic E-state index is 0.403. The third-order valence-electron chi connectivity index (χ3n) is 2.91. The minimum Gasteiger partial charge on any atom is -0.264 e. The topological polar surface area (TPSA) is 25.2 Å². The number of aliphatic imine (C=N–C) groups is 1. The molecule has 0 N–H and O–H groups in total. The van der Waals surface area contributed by atoms with Gasteiger partial charge in [-0.1, -0.05) is 24.3 Å². The maximum Gasteiger partial charge on any atom is 0.0664 e. The summed E-state index contributed by atoms with van der Waals surface area (Å²) in [4.78, 5) is 8.57. The average Bonchev–Trinajstić information content (AvgIpc) is 2.74. The standard InChI is InChI=1S/C14H12N2/c1-2-6-14-13(5-1)12(10-16-14)8-11-4-3-7-15-9-11/h1-7,9-10,12H,8H2. The van der Waals surface area contributed by atoms with E-state index in [9.17, 15) is 0 Å². The molecule has 0 bridgehead atoms. The molecule has 2 heteroatoms. The Balaban J connectivity index is 1.87. The molecule has 78 valence electrons. The fraction of sp³-hybridized carbons (Fsp3) is 0.143. The number of pyridine rings is 1. The quantitative estimate of drug-likeness (QED) is 0.744. The number of para-hydroxylation sites is 1. The van der Waals surface area contributed by atoms with E-state index in [1.54, 1.807) is 6.20 Å². The van der Waals surface area contributed by atoms with Gasteiger partial charge in [0.05, 0.1) is 5.69 Å². The number of aromatic nitrogens is 1. The highest BCUT2D eigenvalue weighted by atomic mass is 14.8. The van der Waals surface area contributed by atoms with Crippen molar-refractivity contribution in [3.05, 3.63) is 59.9 Å². The minimum atomic E-state index is 0.403. The van der Waals surface area contributed by atoms with Crippen LogP contribution in [0, 0.1) is 0 Å². The van der Waals surface area contributed by atoms with Crippen molar-refractivity contribution >= 4 is 11.9 Å². The van der Waals surface area contributed by atoms with Crippen LogP contribution in [0.25, 0.3) is 0 Å². The molecule has 1 aromatic heterocycles. The largest absolute Gasteiger partial charge is 0.264 e. The van der Waals surface area contributed by atoms with Crippen LogP contribution in [0.3, 0.4) is 0 Å². The van der Waals surface area contributed by atoms with Crippen LogP contribution in [0.2, 0.25) is 0 Å². The first kappa shape index (κ1) is 9.28. The average molecular weight is 208 g/mol. The van der Waals surface area contributed by atoms with Crippen molar-refractivity contribution in [1.29, 1.82) is 0 Å². The molecule has 0 radical (unpaired) electrons. The molecule has 1 atom stereocenters. The van der Waals surface area contributed by atoms with Crippen molar-refractivity contribution in [2.75, 3.05) is 0 Å². The number of rotatable bonds is 2. The van der Waals surface area contributed by atoms with Crippen LogP contribution >= 0.6 is 0 Å². The van der Waals surface area contributed by atoms with Gasteiger partial charge in [-0.2, -0.15) is 0 Å². The lowest BCUT2D eigenvalue weighted by molar-refractivity contribution is 0.904. The maximum atomic E-state index is 4.43. The van der Waals surface area contributed by atoms with E-state index in [1.807, 2.05) is 24.5 Å². The summed E-state index contributed by atoms with van der Waals surface area (Å²) in [6, 6.07) is 12.4. The molecule has 2 heterocycles. The molecule has 1 aliphatic rings. The Labute approximate surface area is 94.7 Å². The summed E-state index contributed by atoms with van der Waals surface area (Å²) < 4.78 is 0. The van der Waals surface area contributed by atoms with E-state index in [0.717, 1.165) is 12.1 Å². The Morgan fingerprint density at radius 1 is 1.06 bits per heavy atom. The van der Waals surface area contributed by atoms with E-state index in [2.05, 4.69) is 34.2 Å². The summed E-state index contributed by atoms with van der Waals surface area (Å²) in [7, 11) is 0. The molecule has 0 spiro atoms. The van der Waals surface area contributed by atoms with Crippen molar-refractivity contribution in [2.45, 2.75) is 12.3 Å². The lowest BCUT2D eigenvalue weighted by atomic mass is 9.95. The van der Waals surface area contributed by atoms with Crippen LogP contribution in [0.5, 0.6) is 0 Å². The monoisotopic (exact) mass is 208 g/mol. The summed E-state index contributed by atoms with van der Waals surface area (Å²) in [5.41, 5.74) is 3.69. The van der Waals surface area contributed by atoms with Gasteiger partial charge in [-0.25, -0.2) is 0 Å². The van der Waals surface area contributed by atoms with E-state index in [4.69, 9.17) is 0 Å². The van der Waals surface area contributed by atoms with Gasteiger partial charge in [0.2, 0.25) is 0 Å². The van der Waals surface area contributed by atoms with E-state index >= 15 is 0 Å². The van der Waals surface area contributed by atoms with Gasteiger partial charge < -0.3 is 0 Å². The molecule has 1 unspecified atom stereocenters. The second-order valence-corrected chi connectivity index (χ2v) is 4.01. The number of hydrogen-bond acceptors (Lipinski definition) is 2. The summed E-state index contributed by atoms with van der Waals surface area (Å²) in [6.45, 7) is 0. The lowest BCUT2D eigenvalue weighted by Gasteiger charge is -2.08. The van der Waals surface area contributed by atoms with Crippen LogP contribution < -0.4 is 0 Å². The van der Waals surface area contributed by atoms with E-state index in [1.165, 1.54) is 11.1 Å². The molecule has 1 aliphatic heterocycles. The molecular weight excluding hydrogens is 196 g/mol. The van der Waals surface area contributed by atoms with Gasteiger partial charge in [-0.05, 0) is 29.7 Å². The van der Waals surface area contributed by atoms with Gasteiger partial charge in [-0.15, -0.1) is 0 Å². The van der Waals surface area contributed by atoms with Crippen LogP contribution in [0.4, 0.5) is 5.69 Å². The molecule has 2 nitrogen and oxygen atoms in total. The first-order valence-electron chi connectivity index (χ1n) is 5.45. The maximum absolute atomic E-state index is 4.43. The summed E-state index contributed by atoms with van der Waals surface area (Å²) in [5.74, 6) is 0.403. The molecule has 0 fully saturated rings. The Morgan fingerprint density at radius 2 is 2.00 bits per heavy atom. The van der Waals surface area contributed by atoms with Crippen LogP contribution in [-0.2, 0) is 6.42 Å². The first-order chi connectivity index (χ1) is 7.93. The third kappa shape index (κ3) is 1.63. The Kier molecular flexibility index (Phi) is 2.26. The summed E-state index contributed by atoms with van der Waals surface area (Å²) in [6.07, 6.45) is 6.75. The second kappa shape index (κ2) is 3.89. The SMILES string of the molecule is C1=Nc2ccccc2C1Cc1cccnc1. The van der Waals surface area contributed by atoms with Crippen molar-refractivity contribution in [3.63, 3.8) is 0 Å². The van der Waals surface area contributed by atoms with Crippen LogP contribution in [-0.4, -0.2) is 11.2 Å². The van der Waals surface area contributed by atoms with E-state index in [0.29, 0.717) is 5.92 Å². The third-order valence-corrected chi connectivity index (χ3v) is 2.91. The zero-order valence-corrected chi connectivity index (χ0v) is 8.88. The van der Waals surface area contributed by atoms with E-state index in [-0.39, 0.29) is 0 Å². The van der Waals surface area contributed by atoms with Crippen molar-refractivity contribution < 1.29 is 0 Å². The molecular formula is C14H12N2. The normalized spacial score (nSPS) is 17.4. The molecule has 2 aromatic rings. The van der Waals surface area contributed by atoms with Crippen molar-refractivity contribution in [2.24, 2.45) is 4.99 Å². The predicted molar refractivity (Wildman–Crippen MR) is 65.3 cm³/mol. The fourth-order valence-corrected chi connectivity index (χ4v) is 2.10. The van der Waals surface area contributed by atoms with Gasteiger partial charge in [0.1, 0.15) is 0 Å². The van der Waals surface area contributed by atoms with E-state index < -0.39 is 0 Å². The van der Waals surface area contributed by atoms with Gasteiger partial charge in [-0.3, -0.25) is 9.98 Å². The van der Waals surface area contributed by atoms with Crippen LogP contribution in [0.15, 0.2) is 53.8 Å². The predicted octanol–water partition coefficient (Wildman–Crippen LogP) is 3.12. The molecule has 0 aliphatic carbocycles. The first-order valence-corrected chi connectivity index (χ1v) is 5.45. The van der Waals surface area contributed by atoms with Gasteiger partial charge >= 0.3 is 0 Å².